The quantitative estimate of drug-likeness (QED) is 0.528. The lowest BCUT2D eigenvalue weighted by Gasteiger charge is -2.08. The number of nitrogens with one attached hydrogen (secondary N) is 1. The largest absolute Gasteiger partial charge is 0.320 e. The first-order valence-corrected chi connectivity index (χ1v) is 6.21. The summed E-state index contributed by atoms with van der Waals surface area (Å²) in [7, 11) is 0. The highest BCUT2D eigenvalue weighted by molar-refractivity contribution is 6.34. The number of pyridine rings is 1. The maximum atomic E-state index is 13.1. The Hall–Kier alpha value is -2.25. The van der Waals surface area contributed by atoms with Crippen molar-refractivity contribution in [2.75, 3.05) is 5.32 Å². The van der Waals surface area contributed by atoms with E-state index < -0.39 is 27.5 Å². The Kier molecular flexibility index (Phi) is 4.35. The van der Waals surface area contributed by atoms with Crippen molar-refractivity contribution in [1.29, 1.82) is 0 Å². The highest BCUT2D eigenvalue weighted by atomic mass is 35.5. The molecule has 1 aromatic heterocycles. The van der Waals surface area contributed by atoms with E-state index in [4.69, 9.17) is 23.2 Å². The molecule has 9 heteroatoms. The fraction of sp³-hybridized carbons (Fsp3) is 0. The molecule has 1 aromatic carbocycles. The Labute approximate surface area is 127 Å². The van der Waals surface area contributed by atoms with E-state index in [2.05, 4.69) is 10.3 Å². The first-order chi connectivity index (χ1) is 9.90. The van der Waals surface area contributed by atoms with Gasteiger partial charge >= 0.3 is 5.69 Å². The number of nitrogens with zero attached hydrogens (tertiary/aromatic N) is 2. The van der Waals surface area contributed by atoms with E-state index in [-0.39, 0.29) is 16.3 Å². The number of rotatable bonds is 3. The molecule has 1 amide bonds. The number of anilines is 1. The summed E-state index contributed by atoms with van der Waals surface area (Å²) in [5, 5.41) is 12.9. The number of nitro groups is 1. The smallest absolute Gasteiger partial charge is 0.319 e. The lowest BCUT2D eigenvalue weighted by molar-refractivity contribution is -0.385. The van der Waals surface area contributed by atoms with Crippen LogP contribution < -0.4 is 5.32 Å². The maximum absolute atomic E-state index is 13.1. The summed E-state index contributed by atoms with van der Waals surface area (Å²) in [6.07, 6.45) is 1.15. The van der Waals surface area contributed by atoms with Crippen molar-refractivity contribution in [3.8, 4) is 0 Å². The van der Waals surface area contributed by atoms with Crippen LogP contribution in [0.15, 0.2) is 30.5 Å². The molecule has 0 spiro atoms. The highest BCUT2D eigenvalue weighted by Gasteiger charge is 2.25. The summed E-state index contributed by atoms with van der Waals surface area (Å²) < 4.78 is 13.1. The zero-order chi connectivity index (χ0) is 15.6. The Bertz CT molecular complexity index is 740. The lowest BCUT2D eigenvalue weighted by Crippen LogP contribution is -2.15. The molecule has 21 heavy (non-hydrogen) atoms. The predicted octanol–water partition coefficient (Wildman–Crippen LogP) is 3.69. The molecule has 0 aliphatic rings. The van der Waals surface area contributed by atoms with Crippen molar-refractivity contribution in [1.82, 2.24) is 4.98 Å². The molecule has 0 fully saturated rings. The number of hydrogen-bond donors (Lipinski definition) is 1. The summed E-state index contributed by atoms with van der Waals surface area (Å²) in [6, 6.07) is 4.49. The molecule has 2 aromatic rings. The number of aromatic nitrogens is 1. The molecule has 0 radical (unpaired) electrons. The van der Waals surface area contributed by atoms with E-state index in [1.54, 1.807) is 0 Å². The van der Waals surface area contributed by atoms with Gasteiger partial charge in [0, 0.05) is 6.20 Å². The Morgan fingerprint density at radius 3 is 2.71 bits per heavy atom. The van der Waals surface area contributed by atoms with Crippen LogP contribution in [0.4, 0.5) is 15.8 Å². The van der Waals surface area contributed by atoms with Crippen molar-refractivity contribution >= 4 is 40.5 Å². The van der Waals surface area contributed by atoms with Gasteiger partial charge in [-0.3, -0.25) is 14.9 Å². The van der Waals surface area contributed by atoms with Crippen LogP contribution in [0.25, 0.3) is 0 Å². The number of halogens is 3. The van der Waals surface area contributed by atoms with Gasteiger partial charge in [-0.1, -0.05) is 23.2 Å². The van der Waals surface area contributed by atoms with Crippen LogP contribution in [0.1, 0.15) is 10.4 Å². The lowest BCUT2D eigenvalue weighted by atomic mass is 10.2. The maximum Gasteiger partial charge on any atom is 0.319 e. The monoisotopic (exact) mass is 329 g/mol. The highest BCUT2D eigenvalue weighted by Crippen LogP contribution is 2.28. The molecule has 0 saturated heterocycles. The zero-order valence-electron chi connectivity index (χ0n) is 10.1. The van der Waals surface area contributed by atoms with E-state index in [1.807, 2.05) is 0 Å². The van der Waals surface area contributed by atoms with Crippen LogP contribution in [0, 0.1) is 15.9 Å². The summed E-state index contributed by atoms with van der Waals surface area (Å²) >= 11 is 11.4. The molecule has 1 N–H and O–H groups in total. The SMILES string of the molecule is O=C(Nc1cc(F)ccc1Cl)c1ccnc(Cl)c1[N+](=O)[O-]. The molecule has 0 aliphatic carbocycles. The van der Waals surface area contributed by atoms with Gasteiger partial charge in [-0.25, -0.2) is 9.37 Å². The molecule has 0 atom stereocenters. The number of amides is 1. The molecule has 2 rings (SSSR count). The molecule has 0 saturated carbocycles. The third kappa shape index (κ3) is 3.26. The van der Waals surface area contributed by atoms with Crippen LogP contribution in [0.5, 0.6) is 0 Å². The molecular formula is C12H6Cl2FN3O3. The van der Waals surface area contributed by atoms with Gasteiger partial charge in [0.15, 0.2) is 0 Å². The summed E-state index contributed by atoms with van der Waals surface area (Å²) in [6.45, 7) is 0. The minimum atomic E-state index is -0.849. The van der Waals surface area contributed by atoms with E-state index in [1.165, 1.54) is 6.07 Å². The van der Waals surface area contributed by atoms with E-state index in [0.717, 1.165) is 24.4 Å². The first-order valence-electron chi connectivity index (χ1n) is 5.45. The second-order valence-electron chi connectivity index (χ2n) is 3.83. The van der Waals surface area contributed by atoms with Crippen LogP contribution in [0.3, 0.4) is 0 Å². The third-order valence-electron chi connectivity index (χ3n) is 2.48. The average molecular weight is 330 g/mol. The van der Waals surface area contributed by atoms with Crippen LogP contribution in [-0.4, -0.2) is 15.8 Å². The van der Waals surface area contributed by atoms with Gasteiger partial charge in [-0.2, -0.15) is 0 Å². The second-order valence-corrected chi connectivity index (χ2v) is 4.60. The second kappa shape index (κ2) is 6.02. The summed E-state index contributed by atoms with van der Waals surface area (Å²) in [5.74, 6) is -1.46. The Balaban J connectivity index is 2.40. The minimum absolute atomic E-state index is 0.0103. The number of carbonyl (C=O) groups is 1. The first kappa shape index (κ1) is 15.1. The summed E-state index contributed by atoms with van der Waals surface area (Å²) in [4.78, 5) is 25.7. The van der Waals surface area contributed by atoms with Crippen LogP contribution in [0.2, 0.25) is 10.2 Å². The van der Waals surface area contributed by atoms with Crippen molar-refractivity contribution in [3.63, 3.8) is 0 Å². The van der Waals surface area contributed by atoms with E-state index >= 15 is 0 Å². The third-order valence-corrected chi connectivity index (χ3v) is 3.09. The van der Waals surface area contributed by atoms with Gasteiger partial charge in [0.05, 0.1) is 15.6 Å². The van der Waals surface area contributed by atoms with Crippen LogP contribution in [-0.2, 0) is 0 Å². The molecular weight excluding hydrogens is 324 g/mol. The molecule has 0 aliphatic heterocycles. The van der Waals surface area contributed by atoms with Crippen molar-refractivity contribution < 1.29 is 14.1 Å². The van der Waals surface area contributed by atoms with Gasteiger partial charge in [0.1, 0.15) is 11.4 Å². The molecule has 108 valence electrons. The molecule has 1 heterocycles. The minimum Gasteiger partial charge on any atom is -0.320 e. The fourth-order valence-electron chi connectivity index (χ4n) is 1.57. The molecule has 0 unspecified atom stereocenters. The van der Waals surface area contributed by atoms with Gasteiger partial charge in [-0.15, -0.1) is 0 Å². The van der Waals surface area contributed by atoms with Crippen molar-refractivity contribution in [2.45, 2.75) is 0 Å². The molecule has 0 bridgehead atoms. The van der Waals surface area contributed by atoms with E-state index in [0.29, 0.717) is 0 Å². The standard InChI is InChI=1S/C12H6Cl2FN3O3/c13-8-2-1-6(15)5-9(8)17-12(19)7-3-4-16-11(14)10(7)18(20)21/h1-5H,(H,17,19). The van der Waals surface area contributed by atoms with Crippen molar-refractivity contribution in [2.24, 2.45) is 0 Å². The Morgan fingerprint density at radius 1 is 1.33 bits per heavy atom. The van der Waals surface area contributed by atoms with Crippen LogP contribution >= 0.6 is 23.2 Å². The zero-order valence-corrected chi connectivity index (χ0v) is 11.7. The fourth-order valence-corrected chi connectivity index (χ4v) is 1.96. The average Bonchev–Trinajstić information content (AvgIpc) is 2.42. The number of benzene rings is 1. The number of carbonyl (C=O) groups excluding carboxylic acids is 1. The number of hydrogen-bond acceptors (Lipinski definition) is 4. The van der Waals surface area contributed by atoms with E-state index in [9.17, 15) is 19.3 Å². The van der Waals surface area contributed by atoms with Gasteiger partial charge in [-0.05, 0) is 24.3 Å². The summed E-state index contributed by atoms with van der Waals surface area (Å²) in [5.41, 5.74) is -0.951. The topological polar surface area (TPSA) is 85.1 Å². The van der Waals surface area contributed by atoms with Crippen molar-refractivity contribution in [3.05, 3.63) is 62.1 Å². The predicted molar refractivity (Wildman–Crippen MR) is 75.3 cm³/mol. The normalized spacial score (nSPS) is 10.2. The van der Waals surface area contributed by atoms with Gasteiger partial charge in [0.2, 0.25) is 5.15 Å². The van der Waals surface area contributed by atoms with Gasteiger partial charge in [0.25, 0.3) is 5.91 Å². The Morgan fingerprint density at radius 2 is 2.05 bits per heavy atom. The van der Waals surface area contributed by atoms with Gasteiger partial charge < -0.3 is 5.32 Å². The molecule has 6 nitrogen and oxygen atoms in total.